The summed E-state index contributed by atoms with van der Waals surface area (Å²) in [6.07, 6.45) is -0.122. The lowest BCUT2D eigenvalue weighted by Crippen LogP contribution is -2.31. The van der Waals surface area contributed by atoms with Crippen LogP contribution in [-0.2, 0) is 14.2 Å². The van der Waals surface area contributed by atoms with Crippen molar-refractivity contribution in [1.29, 1.82) is 0 Å². The quantitative estimate of drug-likeness (QED) is 0.605. The van der Waals surface area contributed by atoms with Crippen LogP contribution in [0.4, 0.5) is 4.79 Å². The van der Waals surface area contributed by atoms with Gasteiger partial charge in [-0.1, -0.05) is 0 Å². The van der Waals surface area contributed by atoms with Crippen molar-refractivity contribution < 1.29 is 19.0 Å². The summed E-state index contributed by atoms with van der Waals surface area (Å²) < 4.78 is 14.9. The molecule has 0 spiro atoms. The topological polar surface area (TPSA) is 96.8 Å². The molecule has 1 fully saturated rings. The van der Waals surface area contributed by atoms with E-state index in [2.05, 4.69) is 0 Å². The minimum Gasteiger partial charge on any atom is -0.444 e. The van der Waals surface area contributed by atoms with Crippen LogP contribution in [-0.4, -0.2) is 38.2 Å². The van der Waals surface area contributed by atoms with Gasteiger partial charge in [-0.25, -0.2) is 4.79 Å². The van der Waals surface area contributed by atoms with E-state index in [1.165, 1.54) is 7.11 Å². The van der Waals surface area contributed by atoms with Gasteiger partial charge in [0.05, 0.1) is 6.10 Å². The van der Waals surface area contributed by atoms with Crippen molar-refractivity contribution in [3.05, 3.63) is 0 Å². The molecule has 0 radical (unpaired) electrons. The van der Waals surface area contributed by atoms with E-state index in [0.29, 0.717) is 12.8 Å². The van der Waals surface area contributed by atoms with Gasteiger partial charge in [0.2, 0.25) is 0 Å². The lowest BCUT2D eigenvalue weighted by Gasteiger charge is -2.18. The highest BCUT2D eigenvalue weighted by Crippen LogP contribution is 2.24. The number of rotatable bonds is 4. The number of nitrogens with two attached hydrogens (primary N) is 2. The van der Waals surface area contributed by atoms with Crippen LogP contribution in [0.3, 0.4) is 0 Å². The molecule has 6 heteroatoms. The maximum Gasteiger partial charge on any atom is 0.404 e. The van der Waals surface area contributed by atoms with E-state index in [1.807, 2.05) is 0 Å². The summed E-state index contributed by atoms with van der Waals surface area (Å²) in [6.45, 7) is 0.163. The molecule has 0 aromatic heterocycles. The van der Waals surface area contributed by atoms with E-state index in [0.717, 1.165) is 0 Å². The van der Waals surface area contributed by atoms with E-state index in [-0.39, 0.29) is 25.0 Å². The second-order valence-corrected chi connectivity index (χ2v) is 3.32. The van der Waals surface area contributed by atoms with Crippen molar-refractivity contribution in [3.8, 4) is 0 Å². The minimum absolute atomic E-state index is 0.0128. The largest absolute Gasteiger partial charge is 0.444 e. The van der Waals surface area contributed by atoms with Crippen LogP contribution >= 0.6 is 0 Å². The highest BCUT2D eigenvalue weighted by atomic mass is 16.7. The molecule has 0 aromatic rings. The van der Waals surface area contributed by atoms with Crippen LogP contribution in [0.2, 0.25) is 0 Å². The van der Waals surface area contributed by atoms with Gasteiger partial charge < -0.3 is 25.7 Å². The van der Waals surface area contributed by atoms with Crippen molar-refractivity contribution in [2.24, 2.45) is 11.5 Å². The van der Waals surface area contributed by atoms with E-state index < -0.39 is 6.09 Å². The summed E-state index contributed by atoms with van der Waals surface area (Å²) in [5.74, 6) is 0. The Morgan fingerprint density at radius 3 is 2.64 bits per heavy atom. The summed E-state index contributed by atoms with van der Waals surface area (Å²) in [5, 5.41) is 0. The first kappa shape index (κ1) is 11.2. The zero-order chi connectivity index (χ0) is 10.6. The third-order valence-electron chi connectivity index (χ3n) is 2.15. The second-order valence-electron chi connectivity index (χ2n) is 3.32. The second kappa shape index (κ2) is 5.14. The summed E-state index contributed by atoms with van der Waals surface area (Å²) >= 11 is 0. The van der Waals surface area contributed by atoms with Crippen molar-refractivity contribution in [2.75, 3.05) is 13.9 Å². The summed E-state index contributed by atoms with van der Waals surface area (Å²) in [4.78, 5) is 10.6. The van der Waals surface area contributed by atoms with Gasteiger partial charge in [0.1, 0.15) is 12.9 Å². The Bertz CT molecular complexity index is 200. The number of hydrogen-bond donors (Lipinski definition) is 2. The number of hydrogen-bond acceptors (Lipinski definition) is 5. The molecule has 1 saturated carbocycles. The molecular formula is C8H16N2O4. The van der Waals surface area contributed by atoms with Gasteiger partial charge in [0.25, 0.3) is 0 Å². The average Bonchev–Trinajstić information content (AvgIpc) is 2.41. The average molecular weight is 204 g/mol. The van der Waals surface area contributed by atoms with Gasteiger partial charge >= 0.3 is 6.09 Å². The maximum absolute atomic E-state index is 10.6. The highest BCUT2D eigenvalue weighted by Gasteiger charge is 2.35. The molecule has 0 aliphatic heterocycles. The zero-order valence-corrected chi connectivity index (χ0v) is 8.14. The SMILES string of the molecule is COCO[C@H]1C[C@H](N)C[C@H]1OC(N)=O. The zero-order valence-electron chi connectivity index (χ0n) is 8.14. The monoisotopic (exact) mass is 204 g/mol. The van der Waals surface area contributed by atoms with Crippen LogP contribution in [0.25, 0.3) is 0 Å². The predicted molar refractivity (Wildman–Crippen MR) is 48.4 cm³/mol. The van der Waals surface area contributed by atoms with E-state index in [9.17, 15) is 4.79 Å². The normalized spacial score (nSPS) is 31.7. The smallest absolute Gasteiger partial charge is 0.404 e. The van der Waals surface area contributed by atoms with E-state index in [1.54, 1.807) is 0 Å². The van der Waals surface area contributed by atoms with Gasteiger partial charge in [-0.05, 0) is 6.42 Å². The first-order valence-corrected chi connectivity index (χ1v) is 4.45. The fourth-order valence-electron chi connectivity index (χ4n) is 1.60. The molecule has 1 aliphatic carbocycles. The first-order chi connectivity index (χ1) is 6.63. The molecule has 82 valence electrons. The Morgan fingerprint density at radius 1 is 1.43 bits per heavy atom. The van der Waals surface area contributed by atoms with Crippen molar-refractivity contribution in [3.63, 3.8) is 0 Å². The standard InChI is InChI=1S/C8H16N2O4/c1-12-4-13-6-2-5(9)3-7(6)14-8(10)11/h5-7H,2-4,9H2,1H3,(H2,10,11)/t5-,6-,7+/m0/s1. The molecule has 0 saturated heterocycles. The van der Waals surface area contributed by atoms with Crippen LogP contribution in [0.15, 0.2) is 0 Å². The molecule has 14 heavy (non-hydrogen) atoms. The number of carbonyl (C=O) groups is 1. The molecular weight excluding hydrogens is 188 g/mol. The lowest BCUT2D eigenvalue weighted by atomic mass is 10.2. The van der Waals surface area contributed by atoms with E-state index >= 15 is 0 Å². The van der Waals surface area contributed by atoms with E-state index in [4.69, 9.17) is 25.7 Å². The lowest BCUT2D eigenvalue weighted by molar-refractivity contribution is -0.102. The number of primary amides is 1. The Balaban J connectivity index is 2.40. The Kier molecular flexibility index (Phi) is 4.12. The number of ether oxygens (including phenoxy) is 3. The Hall–Kier alpha value is -0.850. The van der Waals surface area contributed by atoms with Crippen molar-refractivity contribution >= 4 is 6.09 Å². The molecule has 1 amide bonds. The predicted octanol–water partition coefficient (Wildman–Crippen LogP) is -0.439. The number of methoxy groups -OCH3 is 1. The maximum atomic E-state index is 10.6. The molecule has 6 nitrogen and oxygen atoms in total. The minimum atomic E-state index is -0.796. The molecule has 0 bridgehead atoms. The van der Waals surface area contributed by atoms with Gasteiger partial charge in [-0.15, -0.1) is 0 Å². The highest BCUT2D eigenvalue weighted by molar-refractivity contribution is 5.64. The van der Waals surface area contributed by atoms with Crippen LogP contribution in [0, 0.1) is 0 Å². The molecule has 1 aliphatic rings. The van der Waals surface area contributed by atoms with Gasteiger partial charge in [0, 0.05) is 19.6 Å². The van der Waals surface area contributed by atoms with Gasteiger partial charge in [-0.3, -0.25) is 0 Å². The van der Waals surface area contributed by atoms with Gasteiger partial charge in [-0.2, -0.15) is 0 Å². The van der Waals surface area contributed by atoms with Crippen LogP contribution < -0.4 is 11.5 Å². The summed E-state index contributed by atoms with van der Waals surface area (Å²) in [7, 11) is 1.53. The molecule has 0 aromatic carbocycles. The van der Waals surface area contributed by atoms with Crippen molar-refractivity contribution in [2.45, 2.75) is 31.1 Å². The fourth-order valence-corrected chi connectivity index (χ4v) is 1.60. The van der Waals surface area contributed by atoms with Crippen LogP contribution in [0.1, 0.15) is 12.8 Å². The van der Waals surface area contributed by atoms with Gasteiger partial charge in [0.15, 0.2) is 0 Å². The fraction of sp³-hybridized carbons (Fsp3) is 0.875. The molecule has 4 N–H and O–H groups in total. The summed E-state index contributed by atoms with van der Waals surface area (Å²) in [6, 6.07) is -0.0128. The number of amides is 1. The molecule has 3 atom stereocenters. The van der Waals surface area contributed by atoms with Crippen molar-refractivity contribution in [1.82, 2.24) is 0 Å². The third kappa shape index (κ3) is 3.13. The third-order valence-corrected chi connectivity index (χ3v) is 2.15. The first-order valence-electron chi connectivity index (χ1n) is 4.45. The van der Waals surface area contributed by atoms with Crippen LogP contribution in [0.5, 0.6) is 0 Å². The summed E-state index contributed by atoms with van der Waals surface area (Å²) in [5.41, 5.74) is 10.6. The molecule has 0 heterocycles. The Morgan fingerprint density at radius 2 is 2.07 bits per heavy atom. The Labute approximate surface area is 82.5 Å². The molecule has 1 rings (SSSR count). The molecule has 0 unspecified atom stereocenters. The number of carbonyl (C=O) groups excluding carboxylic acids is 1.